The highest BCUT2D eigenvalue weighted by Gasteiger charge is 2.10. The van der Waals surface area contributed by atoms with Gasteiger partial charge in [-0.3, -0.25) is 9.79 Å². The zero-order valence-electron chi connectivity index (χ0n) is 18.4. The number of carbonyl (C=O) groups excluding carboxylic acids is 1. The Bertz CT molecular complexity index is 1370. The molecule has 0 aliphatic carbocycles. The highest BCUT2D eigenvalue weighted by Crippen LogP contribution is 2.32. The summed E-state index contributed by atoms with van der Waals surface area (Å²) in [5.41, 5.74) is 4.39. The van der Waals surface area contributed by atoms with E-state index in [0.717, 1.165) is 33.1 Å². The number of amides is 1. The van der Waals surface area contributed by atoms with E-state index in [1.54, 1.807) is 17.6 Å². The van der Waals surface area contributed by atoms with Crippen molar-refractivity contribution in [2.75, 3.05) is 11.1 Å². The summed E-state index contributed by atoms with van der Waals surface area (Å²) in [5.74, 6) is 0.931. The fraction of sp³-hybridized carbons (Fsp3) is 0.160. The topological polar surface area (TPSA) is 74.6 Å². The summed E-state index contributed by atoms with van der Waals surface area (Å²) in [6.45, 7) is 4.29. The first-order valence-electron chi connectivity index (χ1n) is 10.4. The monoisotopic (exact) mass is 713 g/mol. The maximum absolute atomic E-state index is 12.4. The summed E-state index contributed by atoms with van der Waals surface area (Å²) in [5, 5.41) is 13.2. The summed E-state index contributed by atoms with van der Waals surface area (Å²) in [7, 11) is 0. The third-order valence-electron chi connectivity index (χ3n) is 4.95. The van der Waals surface area contributed by atoms with Gasteiger partial charge in [-0.25, -0.2) is 4.98 Å². The third kappa shape index (κ3) is 6.49. The molecule has 0 saturated carbocycles. The van der Waals surface area contributed by atoms with Crippen molar-refractivity contribution in [1.29, 1.82) is 0 Å². The van der Waals surface area contributed by atoms with E-state index < -0.39 is 0 Å². The van der Waals surface area contributed by atoms with Crippen LogP contribution in [0.1, 0.15) is 30.9 Å². The standard InChI is InChI=1S/C25H21I2N3O2S2/c1-14(2)15-3-5-18(6-4-15)29-23(31)13-33-25-30-21-8-7-19(11-22(21)34-25)28-12-16-9-17(26)10-20(27)24(16)32/h3-12,14,32H,13H2,1-2H3,(H,29,31). The second-order valence-electron chi connectivity index (χ2n) is 7.83. The number of hydrogen-bond acceptors (Lipinski definition) is 6. The van der Waals surface area contributed by atoms with Crippen molar-refractivity contribution >= 4 is 102 Å². The Hall–Kier alpha value is -1.70. The number of thioether (sulfide) groups is 1. The molecular weight excluding hydrogens is 692 g/mol. The number of aromatic nitrogens is 1. The van der Waals surface area contributed by atoms with Gasteiger partial charge in [0.2, 0.25) is 5.91 Å². The Morgan fingerprint density at radius 1 is 1.18 bits per heavy atom. The highest BCUT2D eigenvalue weighted by atomic mass is 127. The lowest BCUT2D eigenvalue weighted by atomic mass is 10.0. The molecular formula is C25H21I2N3O2S2. The molecule has 34 heavy (non-hydrogen) atoms. The van der Waals surface area contributed by atoms with Crippen molar-refractivity contribution in [3.05, 3.63) is 72.9 Å². The molecule has 0 unspecified atom stereocenters. The van der Waals surface area contributed by atoms with E-state index in [-0.39, 0.29) is 11.7 Å². The van der Waals surface area contributed by atoms with Crippen LogP contribution in [0.3, 0.4) is 0 Å². The van der Waals surface area contributed by atoms with Crippen molar-refractivity contribution in [3.8, 4) is 5.75 Å². The molecule has 174 valence electrons. The van der Waals surface area contributed by atoms with Crippen LogP contribution in [0.15, 0.2) is 63.9 Å². The third-order valence-corrected chi connectivity index (χ3v) is 8.56. The normalized spacial score (nSPS) is 11.6. The Morgan fingerprint density at radius 2 is 1.94 bits per heavy atom. The van der Waals surface area contributed by atoms with Crippen molar-refractivity contribution in [1.82, 2.24) is 4.98 Å². The minimum absolute atomic E-state index is 0.0567. The van der Waals surface area contributed by atoms with Gasteiger partial charge >= 0.3 is 0 Å². The number of hydrogen-bond donors (Lipinski definition) is 2. The molecule has 1 amide bonds. The molecule has 0 radical (unpaired) electrons. The van der Waals surface area contributed by atoms with E-state index in [4.69, 9.17) is 0 Å². The van der Waals surface area contributed by atoms with Crippen LogP contribution in [0, 0.1) is 7.14 Å². The number of aromatic hydroxyl groups is 1. The molecule has 0 atom stereocenters. The number of nitrogens with zero attached hydrogens (tertiary/aromatic N) is 2. The molecule has 0 fully saturated rings. The number of fused-ring (bicyclic) bond motifs is 1. The molecule has 3 aromatic carbocycles. The molecule has 5 nitrogen and oxygen atoms in total. The molecule has 4 aromatic rings. The Balaban J connectivity index is 1.39. The first-order chi connectivity index (χ1) is 16.3. The van der Waals surface area contributed by atoms with E-state index in [1.165, 1.54) is 17.3 Å². The van der Waals surface area contributed by atoms with Gasteiger partial charge in [-0.05, 0) is 99.1 Å². The molecule has 0 bridgehead atoms. The van der Waals surface area contributed by atoms with Crippen molar-refractivity contribution in [2.24, 2.45) is 4.99 Å². The number of phenols is 1. The summed E-state index contributed by atoms with van der Waals surface area (Å²) < 4.78 is 3.68. The minimum atomic E-state index is -0.0567. The largest absolute Gasteiger partial charge is 0.506 e. The van der Waals surface area contributed by atoms with Crippen LogP contribution in [-0.4, -0.2) is 28.0 Å². The SMILES string of the molecule is CC(C)c1ccc(NC(=O)CSc2nc3ccc(N=Cc4cc(I)cc(I)c4O)cc3s2)cc1. The molecule has 2 N–H and O–H groups in total. The van der Waals surface area contributed by atoms with Gasteiger partial charge in [0.1, 0.15) is 5.75 Å². The molecule has 1 aromatic heterocycles. The van der Waals surface area contributed by atoms with Crippen LogP contribution in [0.2, 0.25) is 0 Å². The Kier molecular flexibility index (Phi) is 8.48. The maximum Gasteiger partial charge on any atom is 0.234 e. The van der Waals surface area contributed by atoms with Gasteiger partial charge in [0.25, 0.3) is 0 Å². The second kappa shape index (κ2) is 11.4. The van der Waals surface area contributed by atoms with Gasteiger partial charge in [0, 0.05) is 21.0 Å². The van der Waals surface area contributed by atoms with Crippen LogP contribution in [0.25, 0.3) is 10.2 Å². The van der Waals surface area contributed by atoms with Gasteiger partial charge in [-0.15, -0.1) is 11.3 Å². The van der Waals surface area contributed by atoms with Gasteiger partial charge in [0.15, 0.2) is 4.34 Å². The highest BCUT2D eigenvalue weighted by molar-refractivity contribution is 14.1. The number of anilines is 1. The van der Waals surface area contributed by atoms with Crippen LogP contribution < -0.4 is 5.32 Å². The average molecular weight is 713 g/mol. The zero-order chi connectivity index (χ0) is 24.2. The van der Waals surface area contributed by atoms with Gasteiger partial charge in [-0.1, -0.05) is 37.7 Å². The molecule has 4 rings (SSSR count). The molecule has 0 spiro atoms. The summed E-state index contributed by atoms with van der Waals surface area (Å²) in [4.78, 5) is 21.5. The van der Waals surface area contributed by atoms with Crippen LogP contribution in [0.4, 0.5) is 11.4 Å². The fourth-order valence-corrected chi connectivity index (χ4v) is 6.93. The van der Waals surface area contributed by atoms with Gasteiger partial charge < -0.3 is 10.4 Å². The summed E-state index contributed by atoms with van der Waals surface area (Å²) in [6.07, 6.45) is 1.68. The fourth-order valence-electron chi connectivity index (χ4n) is 3.14. The summed E-state index contributed by atoms with van der Waals surface area (Å²) >= 11 is 7.30. The van der Waals surface area contributed by atoms with Gasteiger partial charge in [0.05, 0.1) is 25.2 Å². The Morgan fingerprint density at radius 3 is 2.68 bits per heavy atom. The number of carbonyl (C=O) groups is 1. The zero-order valence-corrected chi connectivity index (χ0v) is 24.3. The average Bonchev–Trinajstić information content (AvgIpc) is 3.21. The molecule has 9 heteroatoms. The minimum Gasteiger partial charge on any atom is -0.506 e. The molecule has 0 aliphatic heterocycles. The van der Waals surface area contributed by atoms with Crippen molar-refractivity contribution in [3.63, 3.8) is 0 Å². The summed E-state index contributed by atoms with van der Waals surface area (Å²) in [6, 6.07) is 17.6. The van der Waals surface area contributed by atoms with Crippen LogP contribution in [-0.2, 0) is 4.79 Å². The lowest BCUT2D eigenvalue weighted by Gasteiger charge is -2.08. The van der Waals surface area contributed by atoms with E-state index in [0.29, 0.717) is 17.2 Å². The number of rotatable bonds is 7. The van der Waals surface area contributed by atoms with Crippen LogP contribution >= 0.6 is 68.3 Å². The predicted molar refractivity (Wildman–Crippen MR) is 160 cm³/mol. The van der Waals surface area contributed by atoms with E-state index in [1.807, 2.05) is 54.6 Å². The quantitative estimate of drug-likeness (QED) is 0.117. The number of phenolic OH excluding ortho intramolecular Hbond substituents is 1. The number of halogens is 2. The number of aliphatic imine (C=N–C) groups is 1. The number of nitrogens with one attached hydrogen (secondary N) is 1. The Labute approximate surface area is 233 Å². The van der Waals surface area contributed by atoms with Crippen molar-refractivity contribution in [2.45, 2.75) is 24.1 Å². The number of thiazole rings is 1. The second-order valence-corrected chi connectivity index (χ2v) is 12.5. The predicted octanol–water partition coefficient (Wildman–Crippen LogP) is 7.82. The molecule has 0 aliphatic rings. The molecule has 0 saturated heterocycles. The van der Waals surface area contributed by atoms with E-state index >= 15 is 0 Å². The van der Waals surface area contributed by atoms with E-state index in [2.05, 4.69) is 74.3 Å². The first-order valence-corrected chi connectivity index (χ1v) is 14.4. The number of benzene rings is 3. The maximum atomic E-state index is 12.4. The lowest BCUT2D eigenvalue weighted by Crippen LogP contribution is -2.13. The lowest BCUT2D eigenvalue weighted by molar-refractivity contribution is -0.113. The first kappa shape index (κ1) is 25.4. The van der Waals surface area contributed by atoms with E-state index in [9.17, 15) is 9.90 Å². The molecule has 1 heterocycles. The van der Waals surface area contributed by atoms with Crippen molar-refractivity contribution < 1.29 is 9.90 Å². The smallest absolute Gasteiger partial charge is 0.234 e. The van der Waals surface area contributed by atoms with Gasteiger partial charge in [-0.2, -0.15) is 0 Å². The van der Waals surface area contributed by atoms with Crippen LogP contribution in [0.5, 0.6) is 5.75 Å².